The number of rotatable bonds is 8. The van der Waals surface area contributed by atoms with Gasteiger partial charge in [-0.1, -0.05) is 38.1 Å². The monoisotopic (exact) mass is 404 g/mol. The van der Waals surface area contributed by atoms with Gasteiger partial charge in [-0.3, -0.25) is 9.36 Å². The fourth-order valence-electron chi connectivity index (χ4n) is 3.28. The quantitative estimate of drug-likeness (QED) is 0.622. The maximum atomic E-state index is 13.2. The van der Waals surface area contributed by atoms with E-state index < -0.39 is 5.69 Å². The number of carbonyl (C=O) groups excluding carboxylic acids is 1. The van der Waals surface area contributed by atoms with Gasteiger partial charge in [-0.05, 0) is 42.2 Å². The number of ketones is 1. The van der Waals surface area contributed by atoms with Crippen LogP contribution in [0.3, 0.4) is 0 Å². The summed E-state index contributed by atoms with van der Waals surface area (Å²) in [6, 6.07) is 16.1. The van der Waals surface area contributed by atoms with Crippen LogP contribution in [0.25, 0.3) is 17.1 Å². The number of nitrogens with zero attached hydrogens (tertiary/aromatic N) is 4. The molecule has 1 heterocycles. The van der Waals surface area contributed by atoms with E-state index in [1.54, 1.807) is 36.4 Å². The largest absolute Gasteiger partial charge is 0.396 e. The summed E-state index contributed by atoms with van der Waals surface area (Å²) in [5, 5.41) is 22.8. The van der Waals surface area contributed by atoms with Crippen LogP contribution < -0.4 is 5.69 Å². The van der Waals surface area contributed by atoms with Gasteiger partial charge in [0, 0.05) is 18.6 Å². The predicted molar refractivity (Wildman–Crippen MR) is 113 cm³/mol. The van der Waals surface area contributed by atoms with Crippen molar-refractivity contribution in [1.29, 1.82) is 5.26 Å². The smallest absolute Gasteiger partial charge is 0.351 e. The van der Waals surface area contributed by atoms with Gasteiger partial charge in [0.25, 0.3) is 0 Å². The third kappa shape index (κ3) is 4.73. The van der Waals surface area contributed by atoms with E-state index in [0.29, 0.717) is 35.5 Å². The summed E-state index contributed by atoms with van der Waals surface area (Å²) in [6.07, 6.45) is 0.894. The number of hydrogen-bond donors (Lipinski definition) is 1. The average molecular weight is 404 g/mol. The Hall–Kier alpha value is -3.50. The molecule has 0 unspecified atom stereocenters. The summed E-state index contributed by atoms with van der Waals surface area (Å²) in [5.74, 6) is 0.476. The van der Waals surface area contributed by atoms with Crippen LogP contribution in [0.1, 0.15) is 31.4 Å². The van der Waals surface area contributed by atoms with Gasteiger partial charge in [0.2, 0.25) is 0 Å². The Morgan fingerprint density at radius 2 is 1.93 bits per heavy atom. The third-order valence-electron chi connectivity index (χ3n) is 4.66. The standard InChI is InChI=1S/C23H24N4O3/c1-16(2)12-21(29)15-26-22(19-5-3-4-18(13-19)14-24)25-27(23(26)30)20-8-6-17(7-9-20)10-11-28/h3-9,13,16,28H,10-12,15H2,1-2H3. The van der Waals surface area contributed by atoms with Crippen LogP contribution >= 0.6 is 0 Å². The Morgan fingerprint density at radius 3 is 2.57 bits per heavy atom. The number of hydrogen-bond acceptors (Lipinski definition) is 5. The van der Waals surface area contributed by atoms with E-state index in [4.69, 9.17) is 5.11 Å². The molecule has 0 aliphatic heterocycles. The molecule has 1 N–H and O–H groups in total. The van der Waals surface area contributed by atoms with Crippen LogP contribution in [0.2, 0.25) is 0 Å². The van der Waals surface area contributed by atoms with Crippen molar-refractivity contribution in [2.45, 2.75) is 33.2 Å². The second kappa shape index (κ2) is 9.33. The van der Waals surface area contributed by atoms with Crippen molar-refractivity contribution in [3.63, 3.8) is 0 Å². The van der Waals surface area contributed by atoms with Crippen LogP contribution in [-0.4, -0.2) is 31.8 Å². The molecule has 0 aliphatic rings. The first-order valence-corrected chi connectivity index (χ1v) is 9.85. The zero-order valence-electron chi connectivity index (χ0n) is 17.1. The van der Waals surface area contributed by atoms with Crippen molar-refractivity contribution in [1.82, 2.24) is 14.3 Å². The lowest BCUT2D eigenvalue weighted by Crippen LogP contribution is -2.27. The fourth-order valence-corrected chi connectivity index (χ4v) is 3.28. The van der Waals surface area contributed by atoms with Gasteiger partial charge < -0.3 is 5.11 Å². The molecule has 0 spiro atoms. The molecule has 7 nitrogen and oxygen atoms in total. The molecule has 3 aromatic rings. The molecule has 0 saturated carbocycles. The minimum atomic E-state index is -0.417. The molecule has 2 aromatic carbocycles. The highest BCUT2D eigenvalue weighted by atomic mass is 16.3. The van der Waals surface area contributed by atoms with E-state index >= 15 is 0 Å². The van der Waals surface area contributed by atoms with E-state index in [0.717, 1.165) is 5.56 Å². The summed E-state index contributed by atoms with van der Waals surface area (Å²) in [6.45, 7) is 3.88. The molecule has 7 heteroatoms. The highest BCUT2D eigenvalue weighted by molar-refractivity contribution is 5.79. The van der Waals surface area contributed by atoms with Gasteiger partial charge in [0.15, 0.2) is 11.6 Å². The van der Waals surface area contributed by atoms with Crippen molar-refractivity contribution in [2.75, 3.05) is 6.61 Å². The number of aromatic nitrogens is 3. The Balaban J connectivity index is 2.09. The van der Waals surface area contributed by atoms with Crippen molar-refractivity contribution >= 4 is 5.78 Å². The maximum Gasteiger partial charge on any atom is 0.351 e. The molecule has 0 radical (unpaired) electrons. The molecule has 0 amide bonds. The van der Waals surface area contributed by atoms with Crippen LogP contribution in [0.4, 0.5) is 0 Å². The highest BCUT2D eigenvalue weighted by Gasteiger charge is 2.19. The summed E-state index contributed by atoms with van der Waals surface area (Å²) in [7, 11) is 0. The van der Waals surface area contributed by atoms with Crippen molar-refractivity contribution in [3.8, 4) is 23.1 Å². The Kier molecular flexibility index (Phi) is 6.60. The van der Waals surface area contributed by atoms with Gasteiger partial charge >= 0.3 is 5.69 Å². The second-order valence-corrected chi connectivity index (χ2v) is 7.57. The van der Waals surface area contributed by atoms with E-state index in [-0.39, 0.29) is 24.9 Å². The Labute approximate surface area is 174 Å². The molecule has 0 bridgehead atoms. The lowest BCUT2D eigenvalue weighted by atomic mass is 10.1. The lowest BCUT2D eigenvalue weighted by Gasteiger charge is -2.07. The van der Waals surface area contributed by atoms with Gasteiger partial charge in [0.1, 0.15) is 0 Å². The van der Waals surface area contributed by atoms with Crippen LogP contribution in [-0.2, 0) is 17.8 Å². The molecule has 1 aromatic heterocycles. The van der Waals surface area contributed by atoms with Crippen molar-refractivity contribution in [3.05, 3.63) is 70.1 Å². The highest BCUT2D eigenvalue weighted by Crippen LogP contribution is 2.19. The molecule has 3 rings (SSSR count). The number of aliphatic hydroxyl groups excluding tert-OH is 1. The molecule has 0 fully saturated rings. The number of benzene rings is 2. The number of carbonyl (C=O) groups is 1. The summed E-state index contributed by atoms with van der Waals surface area (Å²) in [5.41, 5.74) is 2.14. The number of nitriles is 1. The molecule has 0 atom stereocenters. The van der Waals surface area contributed by atoms with E-state index in [1.165, 1.54) is 9.25 Å². The summed E-state index contributed by atoms with van der Waals surface area (Å²) < 4.78 is 2.63. The van der Waals surface area contributed by atoms with E-state index in [2.05, 4.69) is 11.2 Å². The Morgan fingerprint density at radius 1 is 1.20 bits per heavy atom. The lowest BCUT2D eigenvalue weighted by molar-refractivity contribution is -0.120. The van der Waals surface area contributed by atoms with Crippen LogP contribution in [0, 0.1) is 17.2 Å². The third-order valence-corrected chi connectivity index (χ3v) is 4.66. The van der Waals surface area contributed by atoms with Gasteiger partial charge in [-0.15, -0.1) is 5.10 Å². The Bertz CT molecular complexity index is 1130. The molecular weight excluding hydrogens is 380 g/mol. The average Bonchev–Trinajstić information content (AvgIpc) is 3.04. The summed E-state index contributed by atoms with van der Waals surface area (Å²) in [4.78, 5) is 25.6. The topological polar surface area (TPSA) is 101 Å². The van der Waals surface area contributed by atoms with Crippen molar-refractivity contribution in [2.24, 2.45) is 5.92 Å². The predicted octanol–water partition coefficient (Wildman–Crippen LogP) is 2.72. The maximum absolute atomic E-state index is 13.2. The van der Waals surface area contributed by atoms with Crippen LogP contribution in [0.15, 0.2) is 53.3 Å². The summed E-state index contributed by atoms with van der Waals surface area (Å²) >= 11 is 0. The van der Waals surface area contributed by atoms with Gasteiger partial charge in [0.05, 0.1) is 23.9 Å². The molecule has 0 aliphatic carbocycles. The van der Waals surface area contributed by atoms with Gasteiger partial charge in [-0.25, -0.2) is 4.79 Å². The van der Waals surface area contributed by atoms with E-state index in [1.807, 2.05) is 26.0 Å². The molecule has 30 heavy (non-hydrogen) atoms. The zero-order chi connectivity index (χ0) is 21.7. The minimum Gasteiger partial charge on any atom is -0.396 e. The number of Topliss-reactive ketones (excluding diaryl/α,β-unsaturated/α-hetero) is 1. The SMILES string of the molecule is CC(C)CC(=O)Cn1c(-c2cccc(C#N)c2)nn(-c2ccc(CCO)cc2)c1=O. The van der Waals surface area contributed by atoms with E-state index in [9.17, 15) is 14.9 Å². The minimum absolute atomic E-state index is 0.0469. The number of aliphatic hydroxyl groups is 1. The normalized spacial score (nSPS) is 10.9. The molecule has 0 saturated heterocycles. The van der Waals surface area contributed by atoms with Crippen LogP contribution in [0.5, 0.6) is 0 Å². The van der Waals surface area contributed by atoms with Crippen molar-refractivity contribution < 1.29 is 9.90 Å². The van der Waals surface area contributed by atoms with Gasteiger partial charge in [-0.2, -0.15) is 9.94 Å². The first kappa shape index (κ1) is 21.2. The fraction of sp³-hybridized carbons (Fsp3) is 0.304. The molecular formula is C23H24N4O3. The second-order valence-electron chi connectivity index (χ2n) is 7.57. The molecule has 154 valence electrons. The first-order valence-electron chi connectivity index (χ1n) is 9.85. The zero-order valence-corrected chi connectivity index (χ0v) is 17.1. The first-order chi connectivity index (χ1) is 14.4.